The van der Waals surface area contributed by atoms with E-state index in [9.17, 15) is 4.79 Å². The molecule has 0 fully saturated rings. The highest BCUT2D eigenvalue weighted by Gasteiger charge is 2.26. The first-order chi connectivity index (χ1) is 10.7. The molecule has 1 aromatic carbocycles. The third-order valence-electron chi connectivity index (χ3n) is 3.24. The number of ketones is 1. The first-order valence-electron chi connectivity index (χ1n) is 6.53. The highest BCUT2D eigenvalue weighted by atomic mass is 32.1. The lowest BCUT2D eigenvalue weighted by atomic mass is 10.1. The molecule has 0 saturated carbocycles. The second-order valence-electron chi connectivity index (χ2n) is 4.48. The molecule has 0 radical (unpaired) electrons. The van der Waals surface area contributed by atoms with Crippen molar-refractivity contribution in [2.75, 3.05) is 21.0 Å². The van der Waals surface area contributed by atoms with Crippen LogP contribution in [-0.4, -0.2) is 26.8 Å². The molecule has 2 heterocycles. The predicted molar refractivity (Wildman–Crippen MR) is 83.4 cm³/mol. The quantitative estimate of drug-likeness (QED) is 0.625. The van der Waals surface area contributed by atoms with Gasteiger partial charge in [-0.3, -0.25) is 4.79 Å². The molecule has 114 valence electrons. The Morgan fingerprint density at radius 3 is 2.77 bits per heavy atom. The van der Waals surface area contributed by atoms with Gasteiger partial charge in [0.05, 0.1) is 14.2 Å². The summed E-state index contributed by atoms with van der Waals surface area (Å²) in [5, 5.41) is 3.68. The Morgan fingerprint density at radius 2 is 2.09 bits per heavy atom. The van der Waals surface area contributed by atoms with Crippen molar-refractivity contribution < 1.29 is 23.7 Å². The molecule has 5 nitrogen and oxygen atoms in total. The van der Waals surface area contributed by atoms with Crippen LogP contribution in [0.3, 0.4) is 0 Å². The van der Waals surface area contributed by atoms with Gasteiger partial charge in [0.25, 0.3) is 0 Å². The third-order valence-corrected chi connectivity index (χ3v) is 3.92. The number of benzene rings is 1. The average molecular weight is 318 g/mol. The van der Waals surface area contributed by atoms with Crippen LogP contribution in [0.1, 0.15) is 15.9 Å². The van der Waals surface area contributed by atoms with Crippen LogP contribution in [0.15, 0.2) is 29.0 Å². The van der Waals surface area contributed by atoms with Crippen LogP contribution in [0.5, 0.6) is 23.0 Å². The van der Waals surface area contributed by atoms with Gasteiger partial charge < -0.3 is 18.9 Å². The van der Waals surface area contributed by atoms with Crippen molar-refractivity contribution in [3.63, 3.8) is 0 Å². The molecular formula is C16H14O5S. The smallest absolute Gasteiger partial charge is 0.231 e. The Labute approximate surface area is 131 Å². The van der Waals surface area contributed by atoms with Crippen molar-refractivity contribution >= 4 is 23.2 Å². The Hall–Kier alpha value is -2.47. The van der Waals surface area contributed by atoms with Crippen LogP contribution in [0.4, 0.5) is 0 Å². The van der Waals surface area contributed by atoms with Crippen molar-refractivity contribution in [1.29, 1.82) is 0 Å². The zero-order valence-corrected chi connectivity index (χ0v) is 12.9. The van der Waals surface area contributed by atoms with Gasteiger partial charge in [-0.15, -0.1) is 0 Å². The molecule has 3 rings (SSSR count). The summed E-state index contributed by atoms with van der Waals surface area (Å²) in [4.78, 5) is 12.1. The number of hydrogen-bond donors (Lipinski definition) is 0. The Morgan fingerprint density at radius 1 is 1.27 bits per heavy atom. The summed E-state index contributed by atoms with van der Waals surface area (Å²) in [5.41, 5.74) is 1.35. The highest BCUT2D eigenvalue weighted by molar-refractivity contribution is 7.08. The van der Waals surface area contributed by atoms with Gasteiger partial charge in [0.15, 0.2) is 17.3 Å². The molecular weight excluding hydrogens is 304 g/mol. The minimum atomic E-state index is -0.0695. The lowest BCUT2D eigenvalue weighted by molar-refractivity contribution is 0.104. The van der Waals surface area contributed by atoms with Gasteiger partial charge in [0.2, 0.25) is 18.3 Å². The molecule has 0 N–H and O–H groups in total. The van der Waals surface area contributed by atoms with Crippen LogP contribution >= 0.6 is 11.3 Å². The van der Waals surface area contributed by atoms with E-state index < -0.39 is 0 Å². The van der Waals surface area contributed by atoms with Crippen molar-refractivity contribution in [2.24, 2.45) is 0 Å². The third kappa shape index (κ3) is 2.53. The lowest BCUT2D eigenvalue weighted by Crippen LogP contribution is -1.95. The second kappa shape index (κ2) is 6.11. The number of thiophene rings is 1. The topological polar surface area (TPSA) is 54.0 Å². The number of carbonyl (C=O) groups excluding carboxylic acids is 1. The minimum absolute atomic E-state index is 0.0695. The van der Waals surface area contributed by atoms with Gasteiger partial charge in [0, 0.05) is 16.5 Å². The first kappa shape index (κ1) is 14.5. The zero-order valence-electron chi connectivity index (χ0n) is 12.1. The van der Waals surface area contributed by atoms with E-state index in [0.717, 1.165) is 0 Å². The first-order valence-corrected chi connectivity index (χ1v) is 7.48. The molecule has 1 aliphatic heterocycles. The van der Waals surface area contributed by atoms with Gasteiger partial charge in [-0.25, -0.2) is 0 Å². The average Bonchev–Trinajstić information content (AvgIpc) is 3.22. The van der Waals surface area contributed by atoms with Crippen molar-refractivity contribution in [3.05, 3.63) is 40.1 Å². The minimum Gasteiger partial charge on any atom is -0.493 e. The van der Waals surface area contributed by atoms with E-state index in [1.54, 1.807) is 32.4 Å². The molecule has 0 spiro atoms. The summed E-state index contributed by atoms with van der Waals surface area (Å²) in [6.07, 6.45) is 3.19. The molecule has 6 heteroatoms. The van der Waals surface area contributed by atoms with Gasteiger partial charge in [-0.2, -0.15) is 11.3 Å². The predicted octanol–water partition coefficient (Wildman–Crippen LogP) is 3.39. The monoisotopic (exact) mass is 318 g/mol. The fraction of sp³-hybridized carbons (Fsp3) is 0.188. The largest absolute Gasteiger partial charge is 0.493 e. The van der Waals surface area contributed by atoms with E-state index in [-0.39, 0.29) is 12.6 Å². The number of carbonyl (C=O) groups is 1. The van der Waals surface area contributed by atoms with E-state index >= 15 is 0 Å². The van der Waals surface area contributed by atoms with E-state index in [4.69, 9.17) is 18.9 Å². The van der Waals surface area contributed by atoms with Gasteiger partial charge in [0.1, 0.15) is 0 Å². The van der Waals surface area contributed by atoms with E-state index in [0.29, 0.717) is 34.1 Å². The maximum atomic E-state index is 12.1. The fourth-order valence-corrected chi connectivity index (χ4v) is 2.83. The second-order valence-corrected chi connectivity index (χ2v) is 5.26. The summed E-state index contributed by atoms with van der Waals surface area (Å²) in [6.45, 7) is 0.114. The van der Waals surface area contributed by atoms with Gasteiger partial charge >= 0.3 is 0 Å². The standard InChI is InChI=1S/C16H14O5S/c1-18-13-7-10(3-4-12(17)11-5-6-22-8-11)14(19-2)16-15(13)20-9-21-16/h3-8H,9H2,1-2H3. The maximum absolute atomic E-state index is 12.1. The number of hydrogen-bond acceptors (Lipinski definition) is 6. The molecule has 0 unspecified atom stereocenters. The van der Waals surface area contributed by atoms with E-state index in [2.05, 4.69) is 0 Å². The maximum Gasteiger partial charge on any atom is 0.231 e. The van der Waals surface area contributed by atoms with Crippen LogP contribution < -0.4 is 18.9 Å². The molecule has 1 aromatic heterocycles. The molecule has 0 amide bonds. The number of rotatable bonds is 5. The normalized spacial score (nSPS) is 12.6. The lowest BCUT2D eigenvalue weighted by Gasteiger charge is -2.11. The fourth-order valence-electron chi connectivity index (χ4n) is 2.19. The van der Waals surface area contributed by atoms with Crippen molar-refractivity contribution in [3.8, 4) is 23.0 Å². The highest BCUT2D eigenvalue weighted by Crippen LogP contribution is 2.49. The number of allylic oxidation sites excluding steroid dienone is 1. The van der Waals surface area contributed by atoms with Crippen LogP contribution in [0.25, 0.3) is 6.08 Å². The summed E-state index contributed by atoms with van der Waals surface area (Å²) >= 11 is 1.48. The number of methoxy groups -OCH3 is 2. The Bertz CT molecular complexity index is 719. The molecule has 2 aromatic rings. The zero-order chi connectivity index (χ0) is 15.5. The number of ether oxygens (including phenoxy) is 4. The van der Waals surface area contributed by atoms with Crippen LogP contribution in [-0.2, 0) is 0 Å². The van der Waals surface area contributed by atoms with Gasteiger partial charge in [-0.05, 0) is 29.7 Å². The van der Waals surface area contributed by atoms with Crippen LogP contribution in [0, 0.1) is 0 Å². The Kier molecular flexibility index (Phi) is 4.02. The molecule has 0 saturated heterocycles. The number of fused-ring (bicyclic) bond motifs is 1. The Balaban J connectivity index is 1.98. The van der Waals surface area contributed by atoms with Gasteiger partial charge in [-0.1, -0.05) is 0 Å². The molecule has 0 aliphatic carbocycles. The summed E-state index contributed by atoms with van der Waals surface area (Å²) < 4.78 is 21.5. The summed E-state index contributed by atoms with van der Waals surface area (Å²) in [7, 11) is 3.09. The molecule has 1 aliphatic rings. The summed E-state index contributed by atoms with van der Waals surface area (Å²) in [6, 6.07) is 3.54. The molecule has 0 atom stereocenters. The van der Waals surface area contributed by atoms with E-state index in [1.807, 2.05) is 10.8 Å². The van der Waals surface area contributed by atoms with Crippen molar-refractivity contribution in [2.45, 2.75) is 0 Å². The molecule has 22 heavy (non-hydrogen) atoms. The van der Waals surface area contributed by atoms with Crippen molar-refractivity contribution in [1.82, 2.24) is 0 Å². The SMILES string of the molecule is COc1cc(C=CC(=O)c2ccsc2)c(OC)c2c1OCO2. The molecule has 0 bridgehead atoms. The van der Waals surface area contributed by atoms with Crippen LogP contribution in [0.2, 0.25) is 0 Å². The van der Waals surface area contributed by atoms with E-state index in [1.165, 1.54) is 17.4 Å². The summed E-state index contributed by atoms with van der Waals surface area (Å²) in [5.74, 6) is 1.99.